The summed E-state index contributed by atoms with van der Waals surface area (Å²) in [5.74, 6) is 0.695. The Morgan fingerprint density at radius 1 is 1.33 bits per heavy atom. The SMILES string of the molecule is CN(CCNC(=O)O)C(=O)[C@H]1CCc2c(sc3ncnc(Nc4ccn5nccc5c4)c23)C1. The Labute approximate surface area is 193 Å². The molecular weight excluding hydrogens is 442 g/mol. The molecular formula is C22H23N7O3S. The number of pyridine rings is 1. The molecule has 33 heavy (non-hydrogen) atoms. The lowest BCUT2D eigenvalue weighted by atomic mass is 9.87. The zero-order valence-corrected chi connectivity index (χ0v) is 18.8. The molecule has 1 aliphatic rings. The van der Waals surface area contributed by atoms with Crippen molar-refractivity contribution in [3.8, 4) is 0 Å². The predicted molar refractivity (Wildman–Crippen MR) is 125 cm³/mol. The Morgan fingerprint density at radius 2 is 2.21 bits per heavy atom. The summed E-state index contributed by atoms with van der Waals surface area (Å²) in [6.45, 7) is 0.566. The Kier molecular flexibility index (Phi) is 5.55. The minimum Gasteiger partial charge on any atom is -0.465 e. The lowest BCUT2D eigenvalue weighted by Gasteiger charge is -2.26. The molecule has 0 bridgehead atoms. The first-order chi connectivity index (χ1) is 16.0. The molecule has 1 atom stereocenters. The highest BCUT2D eigenvalue weighted by molar-refractivity contribution is 7.19. The summed E-state index contributed by atoms with van der Waals surface area (Å²) in [7, 11) is 1.72. The molecule has 10 nitrogen and oxygen atoms in total. The number of aryl methyl sites for hydroxylation is 1. The van der Waals surface area contributed by atoms with Crippen LogP contribution in [0.25, 0.3) is 15.7 Å². The van der Waals surface area contributed by atoms with Crippen molar-refractivity contribution in [3.63, 3.8) is 0 Å². The second-order valence-electron chi connectivity index (χ2n) is 8.08. The number of fused-ring (bicyclic) bond motifs is 4. The molecule has 0 saturated carbocycles. The minimum atomic E-state index is -1.08. The van der Waals surface area contributed by atoms with Crippen LogP contribution < -0.4 is 10.6 Å². The van der Waals surface area contributed by atoms with E-state index in [9.17, 15) is 9.59 Å². The average molecular weight is 466 g/mol. The van der Waals surface area contributed by atoms with E-state index in [1.165, 1.54) is 10.4 Å². The molecule has 0 saturated heterocycles. The normalized spacial score (nSPS) is 15.4. The van der Waals surface area contributed by atoms with E-state index in [0.29, 0.717) is 13.0 Å². The number of carbonyl (C=O) groups is 2. The van der Waals surface area contributed by atoms with Crippen LogP contribution in [0.4, 0.5) is 16.3 Å². The molecule has 0 unspecified atom stereocenters. The Morgan fingerprint density at radius 3 is 3.06 bits per heavy atom. The van der Waals surface area contributed by atoms with Crippen LogP contribution in [-0.2, 0) is 17.6 Å². The zero-order chi connectivity index (χ0) is 22.9. The van der Waals surface area contributed by atoms with Gasteiger partial charge in [0.2, 0.25) is 5.91 Å². The quantitative estimate of drug-likeness (QED) is 0.400. The first kappa shape index (κ1) is 21.1. The number of likely N-dealkylation sites (N-methyl/N-ethyl adjacent to an activating group) is 1. The van der Waals surface area contributed by atoms with Crippen molar-refractivity contribution in [1.82, 2.24) is 29.8 Å². The van der Waals surface area contributed by atoms with Crippen LogP contribution in [0.1, 0.15) is 16.9 Å². The third kappa shape index (κ3) is 4.19. The van der Waals surface area contributed by atoms with Gasteiger partial charge in [-0.1, -0.05) is 0 Å². The van der Waals surface area contributed by atoms with E-state index in [-0.39, 0.29) is 18.4 Å². The molecule has 4 aromatic heterocycles. The number of carboxylic acid groups (broad SMARTS) is 1. The predicted octanol–water partition coefficient (Wildman–Crippen LogP) is 2.91. The fourth-order valence-electron chi connectivity index (χ4n) is 4.30. The van der Waals surface area contributed by atoms with Crippen LogP contribution in [0.5, 0.6) is 0 Å². The molecule has 3 N–H and O–H groups in total. The number of amides is 2. The van der Waals surface area contributed by atoms with E-state index < -0.39 is 6.09 Å². The van der Waals surface area contributed by atoms with Crippen molar-refractivity contribution in [1.29, 1.82) is 0 Å². The number of carbonyl (C=O) groups excluding carboxylic acids is 1. The summed E-state index contributed by atoms with van der Waals surface area (Å²) in [6.07, 6.45) is 6.32. The van der Waals surface area contributed by atoms with Crippen molar-refractivity contribution in [3.05, 3.63) is 47.4 Å². The third-order valence-corrected chi connectivity index (χ3v) is 7.12. The van der Waals surface area contributed by atoms with Gasteiger partial charge in [-0.05, 0) is 43.0 Å². The van der Waals surface area contributed by atoms with Crippen LogP contribution in [-0.4, -0.2) is 61.7 Å². The van der Waals surface area contributed by atoms with Gasteiger partial charge in [0.15, 0.2) is 0 Å². The minimum absolute atomic E-state index is 0.0452. The summed E-state index contributed by atoms with van der Waals surface area (Å²) >= 11 is 1.62. The molecule has 0 fully saturated rings. The zero-order valence-electron chi connectivity index (χ0n) is 18.0. The lowest BCUT2D eigenvalue weighted by Crippen LogP contribution is -2.40. The maximum atomic E-state index is 12.9. The number of thiophene rings is 1. The second kappa shape index (κ2) is 8.66. The van der Waals surface area contributed by atoms with E-state index in [1.807, 2.05) is 24.4 Å². The van der Waals surface area contributed by atoms with Gasteiger partial charge in [0.25, 0.3) is 0 Å². The number of hydrogen-bond acceptors (Lipinski definition) is 7. The Balaban J connectivity index is 1.36. The summed E-state index contributed by atoms with van der Waals surface area (Å²) < 4.78 is 1.80. The van der Waals surface area contributed by atoms with Crippen molar-refractivity contribution < 1.29 is 14.7 Å². The first-order valence-electron chi connectivity index (χ1n) is 10.7. The van der Waals surface area contributed by atoms with Gasteiger partial charge in [0, 0.05) is 49.0 Å². The number of hydrogen-bond donors (Lipinski definition) is 3. The van der Waals surface area contributed by atoms with Crippen molar-refractivity contribution in [2.45, 2.75) is 19.3 Å². The Hall–Kier alpha value is -3.73. The highest BCUT2D eigenvalue weighted by Crippen LogP contribution is 2.40. The fraction of sp³-hybridized carbons (Fsp3) is 0.318. The number of anilines is 2. The van der Waals surface area contributed by atoms with Gasteiger partial charge in [0.05, 0.1) is 10.9 Å². The monoisotopic (exact) mass is 465 g/mol. The molecule has 5 rings (SSSR count). The van der Waals surface area contributed by atoms with Gasteiger partial charge in [-0.3, -0.25) is 4.79 Å². The summed E-state index contributed by atoms with van der Waals surface area (Å²) in [5, 5.41) is 19.7. The van der Waals surface area contributed by atoms with Crippen LogP contribution in [0.3, 0.4) is 0 Å². The van der Waals surface area contributed by atoms with E-state index >= 15 is 0 Å². The molecule has 0 aromatic carbocycles. The van der Waals surface area contributed by atoms with Gasteiger partial charge in [-0.25, -0.2) is 19.3 Å². The van der Waals surface area contributed by atoms with E-state index in [4.69, 9.17) is 5.11 Å². The van der Waals surface area contributed by atoms with E-state index in [0.717, 1.165) is 40.1 Å². The number of aromatic nitrogens is 4. The first-order valence-corrected chi connectivity index (χ1v) is 11.5. The molecule has 0 radical (unpaired) electrons. The maximum absolute atomic E-state index is 12.9. The van der Waals surface area contributed by atoms with Gasteiger partial charge in [-0.2, -0.15) is 5.10 Å². The average Bonchev–Trinajstić information content (AvgIpc) is 3.42. The van der Waals surface area contributed by atoms with E-state index in [2.05, 4.69) is 25.7 Å². The summed E-state index contributed by atoms with van der Waals surface area (Å²) in [5.41, 5.74) is 3.12. The molecule has 170 valence electrons. The van der Waals surface area contributed by atoms with Gasteiger partial charge >= 0.3 is 6.09 Å². The van der Waals surface area contributed by atoms with Crippen molar-refractivity contribution >= 4 is 50.6 Å². The van der Waals surface area contributed by atoms with Crippen molar-refractivity contribution in [2.24, 2.45) is 5.92 Å². The summed E-state index contributed by atoms with van der Waals surface area (Å²) in [6, 6.07) is 5.92. The molecule has 0 spiro atoms. The molecule has 1 aliphatic carbocycles. The van der Waals surface area contributed by atoms with Gasteiger partial charge < -0.3 is 20.6 Å². The standard InChI is InChI=1S/C22H23N7O3S/c1-28(9-7-23-22(31)32)21(30)13-2-3-16-17(10-13)33-20-18(16)19(24-12-25-20)27-14-5-8-29-15(11-14)4-6-26-29/h4-6,8,11-13,23H,2-3,7,9-10H2,1H3,(H,31,32)(H,24,25,27)/t13-/m0/s1. The number of nitrogens with zero attached hydrogens (tertiary/aromatic N) is 5. The Bertz CT molecular complexity index is 1350. The van der Waals surface area contributed by atoms with Crippen LogP contribution in [0, 0.1) is 5.92 Å². The number of rotatable bonds is 6. The van der Waals surface area contributed by atoms with Crippen LogP contribution in [0.15, 0.2) is 36.9 Å². The molecule has 4 aromatic rings. The summed E-state index contributed by atoms with van der Waals surface area (Å²) in [4.78, 5) is 36.2. The molecule has 11 heteroatoms. The number of nitrogens with one attached hydrogen (secondary N) is 2. The maximum Gasteiger partial charge on any atom is 0.404 e. The lowest BCUT2D eigenvalue weighted by molar-refractivity contribution is -0.134. The van der Waals surface area contributed by atoms with Crippen LogP contribution >= 0.6 is 11.3 Å². The van der Waals surface area contributed by atoms with Crippen LogP contribution in [0.2, 0.25) is 0 Å². The fourth-order valence-corrected chi connectivity index (χ4v) is 5.57. The van der Waals surface area contributed by atoms with Gasteiger partial charge in [-0.15, -0.1) is 11.3 Å². The third-order valence-electron chi connectivity index (χ3n) is 5.96. The molecule has 4 heterocycles. The topological polar surface area (TPSA) is 125 Å². The van der Waals surface area contributed by atoms with Crippen molar-refractivity contribution in [2.75, 3.05) is 25.5 Å². The highest BCUT2D eigenvalue weighted by atomic mass is 32.1. The van der Waals surface area contributed by atoms with Gasteiger partial charge in [0.1, 0.15) is 17.0 Å². The largest absolute Gasteiger partial charge is 0.465 e. The molecule has 2 amide bonds. The van der Waals surface area contributed by atoms with E-state index in [1.54, 1.807) is 40.3 Å². The smallest absolute Gasteiger partial charge is 0.404 e. The highest BCUT2D eigenvalue weighted by Gasteiger charge is 2.30. The molecule has 0 aliphatic heterocycles. The second-order valence-corrected chi connectivity index (χ2v) is 9.16.